The molecule has 3 aromatic rings. The van der Waals surface area contributed by atoms with Crippen LogP contribution in [0.5, 0.6) is 0 Å². The lowest BCUT2D eigenvalue weighted by atomic mass is 9.92. The molecule has 2 heterocycles. The van der Waals surface area contributed by atoms with Crippen molar-refractivity contribution >= 4 is 22.9 Å². The second kappa shape index (κ2) is 7.57. The quantitative estimate of drug-likeness (QED) is 0.355. The maximum absolute atomic E-state index is 15.1. The number of halogens is 4. The normalized spacial score (nSPS) is 17.5. The average molecular weight is 435 g/mol. The molecule has 1 N–H and O–H groups in total. The van der Waals surface area contributed by atoms with Crippen LogP contribution in [0.2, 0.25) is 0 Å². The maximum atomic E-state index is 15.1. The first-order chi connectivity index (χ1) is 14.4. The minimum atomic E-state index is -4.65. The van der Waals surface area contributed by atoms with Gasteiger partial charge in [0.15, 0.2) is 5.69 Å². The van der Waals surface area contributed by atoms with Crippen LogP contribution >= 0.6 is 11.9 Å². The molecule has 0 unspecified atom stereocenters. The zero-order chi connectivity index (χ0) is 20.9. The summed E-state index contributed by atoms with van der Waals surface area (Å²) in [5.41, 5.74) is 0.398. The van der Waals surface area contributed by atoms with Crippen molar-refractivity contribution in [1.82, 2.24) is 14.3 Å². The van der Waals surface area contributed by atoms with Gasteiger partial charge in [-0.25, -0.2) is 4.39 Å². The predicted molar refractivity (Wildman–Crippen MR) is 110 cm³/mol. The summed E-state index contributed by atoms with van der Waals surface area (Å²) >= 11 is 1.71. The van der Waals surface area contributed by atoms with Crippen molar-refractivity contribution < 1.29 is 17.6 Å². The monoisotopic (exact) mass is 435 g/mol. The number of aromatic nitrogens is 2. The second-order valence-corrected chi connectivity index (χ2v) is 9.22. The highest BCUT2D eigenvalue weighted by molar-refractivity contribution is 7.98. The van der Waals surface area contributed by atoms with E-state index in [1.54, 1.807) is 18.0 Å². The largest absolute Gasteiger partial charge is 0.433 e. The molecule has 2 saturated carbocycles. The highest BCUT2D eigenvalue weighted by Crippen LogP contribution is 2.41. The average Bonchev–Trinajstić information content (AvgIpc) is 3.43. The topological polar surface area (TPSA) is 29.9 Å². The summed E-state index contributed by atoms with van der Waals surface area (Å²) in [6, 6.07) is 5.94. The number of nitrogens with one attached hydrogen (secondary N) is 1. The Morgan fingerprint density at radius 2 is 1.93 bits per heavy atom. The summed E-state index contributed by atoms with van der Waals surface area (Å²) in [5.74, 6) is -0.663. The minimum absolute atomic E-state index is 0.0616. The molecule has 8 heteroatoms. The molecule has 0 radical (unpaired) electrons. The molecular formula is C22H21F4N3S. The fourth-order valence-corrected chi connectivity index (χ4v) is 4.77. The lowest BCUT2D eigenvalue weighted by Gasteiger charge is -2.28. The second-order valence-electron chi connectivity index (χ2n) is 8.03. The summed E-state index contributed by atoms with van der Waals surface area (Å²) in [6.45, 7) is 0.594. The predicted octanol–water partition coefficient (Wildman–Crippen LogP) is 6.49. The first-order valence-electron chi connectivity index (χ1n) is 10.2. The fourth-order valence-electron chi connectivity index (χ4n) is 3.93. The van der Waals surface area contributed by atoms with Crippen molar-refractivity contribution in [1.29, 1.82) is 0 Å². The molecule has 3 nitrogen and oxygen atoms in total. The Kier molecular flexibility index (Phi) is 5.01. The molecule has 2 aliphatic carbocycles. The summed E-state index contributed by atoms with van der Waals surface area (Å²) in [4.78, 5) is 3.49. The van der Waals surface area contributed by atoms with Gasteiger partial charge in [-0.2, -0.15) is 13.2 Å². The van der Waals surface area contributed by atoms with Crippen molar-refractivity contribution in [3.63, 3.8) is 0 Å². The molecule has 0 amide bonds. The van der Waals surface area contributed by atoms with Gasteiger partial charge in [-0.3, -0.25) is 9.71 Å². The van der Waals surface area contributed by atoms with Crippen LogP contribution in [-0.4, -0.2) is 14.8 Å². The number of alkyl halides is 3. The van der Waals surface area contributed by atoms with Crippen LogP contribution < -0.4 is 4.72 Å². The van der Waals surface area contributed by atoms with E-state index in [2.05, 4.69) is 14.3 Å². The van der Waals surface area contributed by atoms with E-state index in [1.807, 2.05) is 6.20 Å². The van der Waals surface area contributed by atoms with Crippen molar-refractivity contribution in [2.75, 3.05) is 0 Å². The van der Waals surface area contributed by atoms with E-state index >= 15 is 4.39 Å². The third kappa shape index (κ3) is 3.71. The smallest absolute Gasteiger partial charge is 0.344 e. The lowest BCUT2D eigenvalue weighted by molar-refractivity contribution is -0.140. The minimum Gasteiger partial charge on any atom is -0.344 e. The zero-order valence-electron chi connectivity index (χ0n) is 16.2. The third-order valence-electron chi connectivity index (χ3n) is 5.88. The molecule has 2 aromatic heterocycles. The van der Waals surface area contributed by atoms with Gasteiger partial charge in [0.05, 0.1) is 0 Å². The molecule has 0 atom stereocenters. The van der Waals surface area contributed by atoms with Gasteiger partial charge in [-0.05, 0) is 55.9 Å². The highest BCUT2D eigenvalue weighted by Gasteiger charge is 2.36. The molecule has 0 aliphatic heterocycles. The van der Waals surface area contributed by atoms with Gasteiger partial charge in [0.2, 0.25) is 0 Å². The lowest BCUT2D eigenvalue weighted by Crippen LogP contribution is -2.16. The molecule has 158 valence electrons. The number of fused-ring (bicyclic) bond motifs is 1. The van der Waals surface area contributed by atoms with Crippen molar-refractivity contribution in [2.24, 2.45) is 0 Å². The first-order valence-corrected chi connectivity index (χ1v) is 11.0. The van der Waals surface area contributed by atoms with E-state index in [0.29, 0.717) is 17.8 Å². The number of nitrogens with zero attached hydrogens (tertiary/aromatic N) is 2. The van der Waals surface area contributed by atoms with Crippen LogP contribution in [0.1, 0.15) is 49.4 Å². The third-order valence-corrected chi connectivity index (χ3v) is 6.99. The van der Waals surface area contributed by atoms with Gasteiger partial charge in [0.1, 0.15) is 5.82 Å². The van der Waals surface area contributed by atoms with Gasteiger partial charge in [-0.1, -0.05) is 18.0 Å². The zero-order valence-corrected chi connectivity index (χ0v) is 17.0. The number of benzene rings is 1. The van der Waals surface area contributed by atoms with E-state index in [-0.39, 0.29) is 11.1 Å². The number of rotatable bonds is 6. The molecule has 2 aliphatic rings. The van der Waals surface area contributed by atoms with E-state index < -0.39 is 17.7 Å². The van der Waals surface area contributed by atoms with Gasteiger partial charge >= 0.3 is 6.18 Å². The van der Waals surface area contributed by atoms with Gasteiger partial charge in [0, 0.05) is 52.3 Å². The van der Waals surface area contributed by atoms with Crippen LogP contribution in [0, 0.1) is 5.82 Å². The molecular weight excluding hydrogens is 414 g/mol. The van der Waals surface area contributed by atoms with Gasteiger partial charge in [0.25, 0.3) is 0 Å². The Morgan fingerprint density at radius 1 is 1.13 bits per heavy atom. The highest BCUT2D eigenvalue weighted by atomic mass is 32.2. The Morgan fingerprint density at radius 3 is 2.60 bits per heavy atom. The Balaban J connectivity index is 1.60. The van der Waals surface area contributed by atoms with E-state index in [4.69, 9.17) is 0 Å². The van der Waals surface area contributed by atoms with Crippen LogP contribution in [0.15, 0.2) is 36.7 Å². The molecule has 2 fully saturated rings. The summed E-state index contributed by atoms with van der Waals surface area (Å²) in [5, 5.41) is 1.41. The van der Waals surface area contributed by atoms with Gasteiger partial charge in [-0.15, -0.1) is 0 Å². The Bertz CT molecular complexity index is 1080. The molecule has 30 heavy (non-hydrogen) atoms. The summed E-state index contributed by atoms with van der Waals surface area (Å²) < 4.78 is 61.0. The molecule has 0 saturated heterocycles. The Hall–Kier alpha value is -2.06. The van der Waals surface area contributed by atoms with Crippen LogP contribution in [0.4, 0.5) is 17.6 Å². The number of pyridine rings is 1. The Labute approximate surface area is 176 Å². The standard InChI is InChI=1S/C22H21F4N3S/c23-19-9-17-13(11-28-30-15-6-7-15)12-29(14-3-1-4-14)20(17)10-18(19)16-5-2-8-27-21(16)22(24,25)26/h2,5,8-10,12,14-15,28H,1,3-4,6-7,11H2. The number of hydrogen-bond donors (Lipinski definition) is 1. The maximum Gasteiger partial charge on any atom is 0.433 e. The van der Waals surface area contributed by atoms with E-state index in [0.717, 1.165) is 41.9 Å². The van der Waals surface area contributed by atoms with Crippen molar-refractivity contribution in [3.05, 3.63) is 53.7 Å². The van der Waals surface area contributed by atoms with E-state index in [9.17, 15) is 13.2 Å². The van der Waals surface area contributed by atoms with Crippen molar-refractivity contribution in [3.8, 4) is 11.1 Å². The summed E-state index contributed by atoms with van der Waals surface area (Å²) in [7, 11) is 0. The van der Waals surface area contributed by atoms with Gasteiger partial charge < -0.3 is 4.57 Å². The number of hydrogen-bond acceptors (Lipinski definition) is 3. The van der Waals surface area contributed by atoms with Crippen LogP contribution in [-0.2, 0) is 12.7 Å². The first kappa shape index (κ1) is 19.9. The fraction of sp³-hybridized carbons (Fsp3) is 0.409. The van der Waals surface area contributed by atoms with Crippen LogP contribution in [0.3, 0.4) is 0 Å². The SMILES string of the molecule is Fc1cc2c(CNSC3CC3)cn(C3CCC3)c2cc1-c1cccnc1C(F)(F)F. The summed E-state index contributed by atoms with van der Waals surface area (Å²) in [6.07, 6.45) is 4.08. The van der Waals surface area contributed by atoms with Crippen molar-refractivity contribution in [2.45, 2.75) is 56.1 Å². The van der Waals surface area contributed by atoms with Crippen LogP contribution in [0.25, 0.3) is 22.0 Å². The molecule has 1 aromatic carbocycles. The molecule has 0 bridgehead atoms. The van der Waals surface area contributed by atoms with E-state index in [1.165, 1.54) is 31.0 Å². The molecule has 0 spiro atoms. The molecule has 5 rings (SSSR count).